The van der Waals surface area contributed by atoms with Gasteiger partial charge < -0.3 is 19.8 Å². The van der Waals surface area contributed by atoms with Crippen LogP contribution in [0.4, 0.5) is 5.69 Å². The van der Waals surface area contributed by atoms with Crippen LogP contribution in [0, 0.1) is 12.8 Å². The molecule has 0 spiro atoms. The molecule has 7 nitrogen and oxygen atoms in total. The van der Waals surface area contributed by atoms with Crippen molar-refractivity contribution in [3.05, 3.63) is 37.9 Å². The molecule has 0 saturated carbocycles. The molecule has 1 unspecified atom stereocenters. The number of hydrogen-bond donors (Lipinski definition) is 2. The standard InChI is InChI=1S/C22H26ClN3O4S2/c1-6-11(2)7-13-12(3)32-21-19(13)20(28)25-22(26-21)31-10-18(27)24-15-9-16(29-4)14(23)8-17(15)30-5/h8-9,11H,6-7,10H2,1-5H3,(H,24,27)(H,25,26,28). The Bertz CT molecular complexity index is 1190. The number of benzene rings is 1. The number of rotatable bonds is 9. The fourth-order valence-corrected chi connectivity index (χ4v) is 5.24. The average molecular weight is 496 g/mol. The monoisotopic (exact) mass is 495 g/mol. The minimum atomic E-state index is -0.278. The summed E-state index contributed by atoms with van der Waals surface area (Å²) in [4.78, 5) is 34.5. The summed E-state index contributed by atoms with van der Waals surface area (Å²) in [5.74, 6) is 1.12. The molecule has 0 aliphatic rings. The highest BCUT2D eigenvalue weighted by atomic mass is 35.5. The lowest BCUT2D eigenvalue weighted by Crippen LogP contribution is -2.16. The number of thioether (sulfide) groups is 1. The van der Waals surface area contributed by atoms with Crippen molar-refractivity contribution in [2.24, 2.45) is 5.92 Å². The number of aromatic nitrogens is 2. The van der Waals surface area contributed by atoms with Gasteiger partial charge in [-0.15, -0.1) is 11.3 Å². The van der Waals surface area contributed by atoms with Gasteiger partial charge in [-0.2, -0.15) is 0 Å². The Kier molecular flexibility index (Phi) is 8.08. The van der Waals surface area contributed by atoms with Crippen LogP contribution in [0.15, 0.2) is 22.1 Å². The molecule has 32 heavy (non-hydrogen) atoms. The number of fused-ring (bicyclic) bond motifs is 1. The summed E-state index contributed by atoms with van der Waals surface area (Å²) < 4.78 is 10.5. The van der Waals surface area contributed by atoms with Crippen LogP contribution in [0.1, 0.15) is 30.7 Å². The number of carbonyl (C=O) groups is 1. The number of halogens is 1. The van der Waals surface area contributed by atoms with Crippen LogP contribution in [0.3, 0.4) is 0 Å². The van der Waals surface area contributed by atoms with Gasteiger partial charge in [0.1, 0.15) is 16.3 Å². The number of amides is 1. The van der Waals surface area contributed by atoms with E-state index in [4.69, 9.17) is 21.1 Å². The Morgan fingerprint density at radius 3 is 2.69 bits per heavy atom. The van der Waals surface area contributed by atoms with Crippen LogP contribution < -0.4 is 20.3 Å². The van der Waals surface area contributed by atoms with Crippen molar-refractivity contribution in [2.75, 3.05) is 25.3 Å². The Morgan fingerprint density at radius 2 is 2.03 bits per heavy atom. The summed E-state index contributed by atoms with van der Waals surface area (Å²) in [6.45, 7) is 6.35. The third kappa shape index (κ3) is 5.39. The zero-order chi connectivity index (χ0) is 23.4. The molecule has 2 N–H and O–H groups in total. The maximum Gasteiger partial charge on any atom is 0.260 e. The highest BCUT2D eigenvalue weighted by Gasteiger charge is 2.18. The molecule has 10 heteroatoms. The molecule has 0 radical (unpaired) electrons. The highest BCUT2D eigenvalue weighted by molar-refractivity contribution is 7.99. The van der Waals surface area contributed by atoms with Crippen molar-refractivity contribution in [2.45, 2.75) is 38.8 Å². The van der Waals surface area contributed by atoms with E-state index in [1.165, 1.54) is 37.3 Å². The minimum Gasteiger partial charge on any atom is -0.495 e. The number of aromatic amines is 1. The van der Waals surface area contributed by atoms with Crippen molar-refractivity contribution in [3.63, 3.8) is 0 Å². The molecule has 1 amide bonds. The number of nitrogens with one attached hydrogen (secondary N) is 2. The molecule has 0 aliphatic heterocycles. The van der Waals surface area contributed by atoms with Crippen molar-refractivity contribution in [1.82, 2.24) is 9.97 Å². The number of ether oxygens (including phenoxy) is 2. The van der Waals surface area contributed by atoms with Crippen LogP contribution >= 0.6 is 34.7 Å². The summed E-state index contributed by atoms with van der Waals surface area (Å²) in [5.41, 5.74) is 1.36. The van der Waals surface area contributed by atoms with E-state index in [1.807, 2.05) is 6.92 Å². The van der Waals surface area contributed by atoms with Crippen LogP contribution in [-0.4, -0.2) is 35.8 Å². The molecule has 1 atom stereocenters. The maximum atomic E-state index is 12.8. The van der Waals surface area contributed by atoms with Crippen LogP contribution in [-0.2, 0) is 11.2 Å². The summed E-state index contributed by atoms with van der Waals surface area (Å²) in [6, 6.07) is 3.18. The maximum absolute atomic E-state index is 12.8. The first kappa shape index (κ1) is 24.4. The smallest absolute Gasteiger partial charge is 0.260 e. The number of hydrogen-bond acceptors (Lipinski definition) is 7. The molecule has 0 aliphatic carbocycles. The van der Waals surface area contributed by atoms with Gasteiger partial charge in [0, 0.05) is 17.0 Å². The summed E-state index contributed by atoms with van der Waals surface area (Å²) in [5, 5.41) is 4.24. The second-order valence-electron chi connectivity index (χ2n) is 7.43. The fourth-order valence-electron chi connectivity index (χ4n) is 3.24. The number of thiophene rings is 1. The third-order valence-corrected chi connectivity index (χ3v) is 7.39. The average Bonchev–Trinajstić information content (AvgIpc) is 3.08. The van der Waals surface area contributed by atoms with Gasteiger partial charge in [-0.3, -0.25) is 9.59 Å². The van der Waals surface area contributed by atoms with E-state index in [2.05, 4.69) is 29.1 Å². The Labute approximate surface area is 199 Å². The summed E-state index contributed by atoms with van der Waals surface area (Å²) in [7, 11) is 2.98. The van der Waals surface area contributed by atoms with Gasteiger partial charge >= 0.3 is 0 Å². The number of methoxy groups -OCH3 is 2. The number of nitrogens with zero attached hydrogens (tertiary/aromatic N) is 1. The molecule has 0 fully saturated rings. The van der Waals surface area contributed by atoms with Crippen LogP contribution in [0.5, 0.6) is 11.5 Å². The molecule has 0 saturated heterocycles. The van der Waals surface area contributed by atoms with E-state index in [-0.39, 0.29) is 17.2 Å². The first-order chi connectivity index (χ1) is 15.3. The van der Waals surface area contributed by atoms with E-state index in [0.717, 1.165) is 23.3 Å². The minimum absolute atomic E-state index is 0.0621. The van der Waals surface area contributed by atoms with Gasteiger partial charge in [0.05, 0.1) is 36.1 Å². The second-order valence-corrected chi connectivity index (χ2v) is 10.0. The lowest BCUT2D eigenvalue weighted by atomic mass is 9.98. The molecule has 2 aromatic heterocycles. The van der Waals surface area contributed by atoms with Crippen molar-refractivity contribution in [1.29, 1.82) is 0 Å². The number of anilines is 1. The molecule has 0 bridgehead atoms. The predicted octanol–water partition coefficient (Wildman–Crippen LogP) is 5.28. The SMILES string of the molecule is CCC(C)Cc1c(C)sc2nc(SCC(=O)Nc3cc(OC)c(Cl)cc3OC)[nH]c(=O)c12. The Balaban J connectivity index is 1.75. The van der Waals surface area contributed by atoms with Crippen molar-refractivity contribution >= 4 is 56.5 Å². The zero-order valence-corrected chi connectivity index (χ0v) is 21.0. The van der Waals surface area contributed by atoms with E-state index in [0.29, 0.717) is 43.5 Å². The number of aryl methyl sites for hydroxylation is 1. The zero-order valence-electron chi connectivity index (χ0n) is 18.6. The van der Waals surface area contributed by atoms with E-state index < -0.39 is 0 Å². The van der Waals surface area contributed by atoms with E-state index >= 15 is 0 Å². The summed E-state index contributed by atoms with van der Waals surface area (Å²) >= 11 is 8.79. The predicted molar refractivity (Wildman–Crippen MR) is 132 cm³/mol. The number of H-pyrrole nitrogens is 1. The van der Waals surface area contributed by atoms with Gasteiger partial charge in [0.2, 0.25) is 5.91 Å². The quantitative estimate of drug-likeness (QED) is 0.310. The first-order valence-corrected chi connectivity index (χ1v) is 12.3. The Hall–Kier alpha value is -2.23. The van der Waals surface area contributed by atoms with Crippen LogP contribution in [0.2, 0.25) is 5.02 Å². The molecular weight excluding hydrogens is 470 g/mol. The second kappa shape index (κ2) is 10.6. The van der Waals surface area contributed by atoms with Gasteiger partial charge in [0.25, 0.3) is 5.56 Å². The van der Waals surface area contributed by atoms with E-state index in [1.54, 1.807) is 12.1 Å². The van der Waals surface area contributed by atoms with Crippen molar-refractivity contribution in [3.8, 4) is 11.5 Å². The van der Waals surface area contributed by atoms with Crippen molar-refractivity contribution < 1.29 is 14.3 Å². The van der Waals surface area contributed by atoms with Gasteiger partial charge in [-0.1, -0.05) is 43.6 Å². The lowest BCUT2D eigenvalue weighted by molar-refractivity contribution is -0.113. The van der Waals surface area contributed by atoms with Crippen LogP contribution in [0.25, 0.3) is 10.2 Å². The van der Waals surface area contributed by atoms with Gasteiger partial charge in [0.15, 0.2) is 5.16 Å². The largest absolute Gasteiger partial charge is 0.495 e. The molecule has 172 valence electrons. The van der Waals surface area contributed by atoms with Gasteiger partial charge in [-0.25, -0.2) is 4.98 Å². The number of carbonyl (C=O) groups excluding carboxylic acids is 1. The highest BCUT2D eigenvalue weighted by Crippen LogP contribution is 2.36. The topological polar surface area (TPSA) is 93.3 Å². The molecule has 3 rings (SSSR count). The summed E-state index contributed by atoms with van der Waals surface area (Å²) in [6.07, 6.45) is 1.91. The first-order valence-electron chi connectivity index (χ1n) is 10.1. The van der Waals surface area contributed by atoms with E-state index in [9.17, 15) is 9.59 Å². The molecule has 1 aromatic carbocycles. The lowest BCUT2D eigenvalue weighted by Gasteiger charge is -2.13. The normalized spacial score (nSPS) is 12.1. The molecule has 2 heterocycles. The molecular formula is C22H26ClN3O4S2. The fraction of sp³-hybridized carbons (Fsp3) is 0.409. The third-order valence-electron chi connectivity index (χ3n) is 5.18. The van der Waals surface area contributed by atoms with Gasteiger partial charge in [-0.05, 0) is 24.8 Å². The Morgan fingerprint density at radius 1 is 1.31 bits per heavy atom. The molecule has 3 aromatic rings.